The minimum absolute atomic E-state index is 0.117. The molecule has 6 rings (SSSR count). The van der Waals surface area contributed by atoms with Crippen molar-refractivity contribution in [3.63, 3.8) is 0 Å². The molecule has 0 bridgehead atoms. The van der Waals surface area contributed by atoms with Crippen molar-refractivity contribution in [1.29, 1.82) is 0 Å². The lowest BCUT2D eigenvalue weighted by Crippen LogP contribution is -2.44. The van der Waals surface area contributed by atoms with Crippen LogP contribution in [-0.2, 0) is 14.4 Å². The van der Waals surface area contributed by atoms with Gasteiger partial charge in [0.2, 0.25) is 0 Å². The van der Waals surface area contributed by atoms with Gasteiger partial charge in [0.25, 0.3) is 17.7 Å². The molecule has 0 saturated carbocycles. The zero-order valence-electron chi connectivity index (χ0n) is 19.5. The largest absolute Gasteiger partial charge is 0.271 e. The van der Waals surface area contributed by atoms with E-state index in [0.29, 0.717) is 6.42 Å². The van der Waals surface area contributed by atoms with Crippen molar-refractivity contribution in [3.05, 3.63) is 102 Å². The number of rotatable bonds is 5. The van der Waals surface area contributed by atoms with Gasteiger partial charge in [-0.15, -0.1) is 0 Å². The van der Waals surface area contributed by atoms with Gasteiger partial charge in [-0.25, -0.2) is 14.3 Å². The lowest BCUT2D eigenvalue weighted by atomic mass is 9.98. The molecule has 3 aliphatic heterocycles. The average molecular weight is 497 g/mol. The molecule has 3 aromatic carbocycles. The Morgan fingerprint density at radius 1 is 0.919 bits per heavy atom. The second kappa shape index (κ2) is 9.05. The smallest absolute Gasteiger partial charge is 0.264 e. The maximum Gasteiger partial charge on any atom is 0.264 e. The Morgan fingerprint density at radius 3 is 2.38 bits per heavy atom. The van der Waals surface area contributed by atoms with Gasteiger partial charge in [0.15, 0.2) is 12.1 Å². The SMILES string of the molecule is O=C1[C@@H]2[C@@H](N=NN2CC(=O)N2N=C(c3ccccc3)C[C@@H]2c2ccccc2)C(=O)N1c1cccc(F)c1. The lowest BCUT2D eigenvalue weighted by molar-refractivity contribution is -0.135. The molecule has 3 aromatic rings. The van der Waals surface area contributed by atoms with Crippen molar-refractivity contribution in [1.82, 2.24) is 10.0 Å². The number of hydrazone groups is 1. The maximum atomic E-state index is 13.8. The van der Waals surface area contributed by atoms with Crippen molar-refractivity contribution >= 4 is 29.1 Å². The monoisotopic (exact) mass is 496 g/mol. The summed E-state index contributed by atoms with van der Waals surface area (Å²) in [6.45, 7) is -0.296. The standard InChI is InChI=1S/C27H21FN6O3/c28-19-12-7-13-20(14-19)33-26(36)24-25(27(33)37)32(31-29-24)16-23(35)34-22(18-10-5-2-6-11-18)15-21(30-34)17-8-3-1-4-9-17/h1-14,22,24-25H,15-16H2/t22-,24-,25+/m1/s1. The summed E-state index contributed by atoms with van der Waals surface area (Å²) in [4.78, 5) is 40.6. The number of amides is 3. The summed E-state index contributed by atoms with van der Waals surface area (Å²) < 4.78 is 13.8. The Kier molecular flexibility index (Phi) is 5.56. The molecule has 3 amide bonds. The van der Waals surface area contributed by atoms with Gasteiger partial charge in [0, 0.05) is 6.42 Å². The molecule has 3 heterocycles. The van der Waals surface area contributed by atoms with E-state index in [1.54, 1.807) is 0 Å². The van der Waals surface area contributed by atoms with Crippen molar-refractivity contribution in [2.75, 3.05) is 11.4 Å². The van der Waals surface area contributed by atoms with Crippen LogP contribution in [0.1, 0.15) is 23.6 Å². The van der Waals surface area contributed by atoms with Gasteiger partial charge in [-0.2, -0.15) is 10.2 Å². The summed E-state index contributed by atoms with van der Waals surface area (Å²) in [6.07, 6.45) is 0.526. The fourth-order valence-corrected chi connectivity index (χ4v) is 4.91. The predicted molar refractivity (Wildman–Crippen MR) is 132 cm³/mol. The predicted octanol–water partition coefficient (Wildman–Crippen LogP) is 3.50. The van der Waals surface area contributed by atoms with Crippen LogP contribution < -0.4 is 4.90 Å². The van der Waals surface area contributed by atoms with Crippen LogP contribution in [0.5, 0.6) is 0 Å². The number of hydrogen-bond acceptors (Lipinski definition) is 7. The van der Waals surface area contributed by atoms with E-state index in [0.717, 1.165) is 27.8 Å². The van der Waals surface area contributed by atoms with E-state index in [1.807, 2.05) is 60.7 Å². The van der Waals surface area contributed by atoms with Gasteiger partial charge in [0.1, 0.15) is 12.4 Å². The van der Waals surface area contributed by atoms with E-state index >= 15 is 0 Å². The first-order chi connectivity index (χ1) is 18.0. The third-order valence-electron chi connectivity index (χ3n) is 6.68. The number of carbonyl (C=O) groups excluding carboxylic acids is 3. The summed E-state index contributed by atoms with van der Waals surface area (Å²) in [5.41, 5.74) is 2.73. The minimum atomic E-state index is -1.09. The van der Waals surface area contributed by atoms with E-state index in [-0.39, 0.29) is 24.2 Å². The number of imide groups is 1. The molecule has 10 heteroatoms. The van der Waals surface area contributed by atoms with Gasteiger partial charge >= 0.3 is 0 Å². The van der Waals surface area contributed by atoms with E-state index in [1.165, 1.54) is 28.2 Å². The van der Waals surface area contributed by atoms with Crippen molar-refractivity contribution in [2.24, 2.45) is 15.4 Å². The summed E-state index contributed by atoms with van der Waals surface area (Å²) in [5, 5.41) is 15.2. The zero-order chi connectivity index (χ0) is 25.5. The Hall–Kier alpha value is -4.73. The number of nitrogens with zero attached hydrogens (tertiary/aromatic N) is 6. The number of anilines is 1. The molecular formula is C27H21FN6O3. The second-order valence-electron chi connectivity index (χ2n) is 8.97. The Bertz CT molecular complexity index is 1440. The van der Waals surface area contributed by atoms with E-state index < -0.39 is 29.7 Å². The first-order valence-electron chi connectivity index (χ1n) is 11.8. The number of carbonyl (C=O) groups is 3. The molecule has 1 fully saturated rings. The van der Waals surface area contributed by atoms with Crippen LogP contribution in [0.3, 0.4) is 0 Å². The van der Waals surface area contributed by atoms with Gasteiger partial charge in [0.05, 0.1) is 17.4 Å². The highest BCUT2D eigenvalue weighted by atomic mass is 19.1. The second-order valence-corrected chi connectivity index (χ2v) is 8.97. The fourth-order valence-electron chi connectivity index (χ4n) is 4.91. The normalized spacial score (nSPS) is 22.6. The van der Waals surface area contributed by atoms with Crippen molar-refractivity contribution in [3.8, 4) is 0 Å². The van der Waals surface area contributed by atoms with Gasteiger partial charge in [-0.1, -0.05) is 72.0 Å². The first-order valence-corrected chi connectivity index (χ1v) is 11.8. The topological polar surface area (TPSA) is 98.0 Å². The third kappa shape index (κ3) is 3.96. The van der Waals surface area contributed by atoms with Crippen LogP contribution in [0.4, 0.5) is 10.1 Å². The van der Waals surface area contributed by atoms with Gasteiger partial charge in [-0.3, -0.25) is 19.4 Å². The first kappa shape index (κ1) is 22.7. The van der Waals surface area contributed by atoms with E-state index in [4.69, 9.17) is 0 Å². The summed E-state index contributed by atoms with van der Waals surface area (Å²) >= 11 is 0. The zero-order valence-corrected chi connectivity index (χ0v) is 19.5. The molecule has 9 nitrogen and oxygen atoms in total. The van der Waals surface area contributed by atoms with E-state index in [9.17, 15) is 18.8 Å². The average Bonchev–Trinajstić information content (AvgIpc) is 3.61. The molecule has 1 saturated heterocycles. The summed E-state index contributed by atoms with van der Waals surface area (Å²) in [6, 6.07) is 22.0. The molecule has 0 aromatic heterocycles. The molecule has 0 N–H and O–H groups in total. The number of fused-ring (bicyclic) bond motifs is 1. The third-order valence-corrected chi connectivity index (χ3v) is 6.68. The maximum absolute atomic E-state index is 13.8. The highest BCUT2D eigenvalue weighted by Crippen LogP contribution is 2.35. The fraction of sp³-hybridized carbons (Fsp3) is 0.185. The quantitative estimate of drug-likeness (QED) is 0.505. The molecule has 3 aliphatic rings. The van der Waals surface area contributed by atoms with E-state index in [2.05, 4.69) is 15.4 Å². The van der Waals surface area contributed by atoms with Crippen LogP contribution in [0.2, 0.25) is 0 Å². The summed E-state index contributed by atoms with van der Waals surface area (Å²) in [5.74, 6) is -2.17. The highest BCUT2D eigenvalue weighted by Gasteiger charge is 2.55. The van der Waals surface area contributed by atoms with Gasteiger partial charge in [-0.05, 0) is 29.3 Å². The Balaban J connectivity index is 1.26. The molecule has 0 spiro atoms. The van der Waals surface area contributed by atoms with Crippen LogP contribution >= 0.6 is 0 Å². The van der Waals surface area contributed by atoms with Gasteiger partial charge < -0.3 is 0 Å². The molecule has 37 heavy (non-hydrogen) atoms. The molecule has 0 aliphatic carbocycles. The Labute approximate surface area is 211 Å². The number of benzene rings is 3. The van der Waals surface area contributed by atoms with Crippen LogP contribution in [0.25, 0.3) is 0 Å². The van der Waals surface area contributed by atoms with Crippen molar-refractivity contribution in [2.45, 2.75) is 24.5 Å². The molecule has 0 radical (unpaired) electrons. The van der Waals surface area contributed by atoms with Crippen LogP contribution in [-0.4, -0.2) is 52.1 Å². The molecule has 0 unspecified atom stereocenters. The molecule has 184 valence electrons. The molecular weight excluding hydrogens is 475 g/mol. The van der Waals surface area contributed by atoms with Crippen LogP contribution in [0.15, 0.2) is 100 Å². The summed E-state index contributed by atoms with van der Waals surface area (Å²) in [7, 11) is 0. The number of halogens is 1. The van der Waals surface area contributed by atoms with Crippen LogP contribution in [0, 0.1) is 5.82 Å². The van der Waals surface area contributed by atoms with Crippen molar-refractivity contribution < 1.29 is 18.8 Å². The minimum Gasteiger partial charge on any atom is -0.271 e. The number of hydrogen-bond donors (Lipinski definition) is 0. The molecule has 3 atom stereocenters. The lowest BCUT2D eigenvalue weighted by Gasteiger charge is -2.25. The Morgan fingerprint density at radius 2 is 1.65 bits per heavy atom. The highest BCUT2D eigenvalue weighted by molar-refractivity contribution is 6.25.